The van der Waals surface area contributed by atoms with Gasteiger partial charge >= 0.3 is 17.1 Å². The van der Waals surface area contributed by atoms with E-state index in [0.717, 1.165) is 100 Å². The monoisotopic (exact) mass is 714 g/mol. The number of nitrogens with one attached hydrogen (secondary N) is 1. The second-order valence-corrected chi connectivity index (χ2v) is 12.7. The van der Waals surface area contributed by atoms with Crippen molar-refractivity contribution in [3.05, 3.63) is 169 Å². The molecule has 0 unspecified atom stereocenters. The third kappa shape index (κ3) is 5.25. The summed E-state index contributed by atoms with van der Waals surface area (Å²) >= 11 is 0. The Morgan fingerprint density at radius 3 is 1.06 bits per heavy atom. The molecular weight excluding hydrogens is 686 g/mol. The Balaban J connectivity index is 0.00000360. The Kier molecular flexibility index (Phi) is 7.89. The van der Waals surface area contributed by atoms with Crippen molar-refractivity contribution in [1.29, 1.82) is 0 Å². The summed E-state index contributed by atoms with van der Waals surface area (Å²) in [6, 6.07) is 50.2. The van der Waals surface area contributed by atoms with Crippen molar-refractivity contribution < 1.29 is 17.1 Å². The summed E-state index contributed by atoms with van der Waals surface area (Å²) in [6.07, 6.45) is 8.31. The van der Waals surface area contributed by atoms with Gasteiger partial charge in [0.25, 0.3) is 0 Å². The number of H-pyrrole nitrogens is 1. The molecule has 0 saturated heterocycles. The maximum atomic E-state index is 5.53. The van der Waals surface area contributed by atoms with Crippen molar-refractivity contribution in [2.45, 2.75) is 0 Å². The molecule has 6 heterocycles. The van der Waals surface area contributed by atoms with Crippen LogP contribution in [0, 0.1) is 0 Å². The summed E-state index contributed by atoms with van der Waals surface area (Å²) in [4.78, 5) is 25.0. The molecule has 8 aromatic rings. The molecule has 4 aromatic carbocycles. The molecule has 0 aliphatic carbocycles. The molecule has 2 aliphatic heterocycles. The van der Waals surface area contributed by atoms with Gasteiger partial charge in [0, 0.05) is 23.5 Å². The van der Waals surface area contributed by atoms with Gasteiger partial charge in [-0.25, -0.2) is 9.97 Å². The first-order valence-corrected chi connectivity index (χ1v) is 17.1. The summed E-state index contributed by atoms with van der Waals surface area (Å²) in [5, 5.41) is 0. The van der Waals surface area contributed by atoms with Gasteiger partial charge in [-0.05, 0) is 56.7 Å². The van der Waals surface area contributed by atoms with Crippen molar-refractivity contribution in [3.63, 3.8) is 0 Å². The van der Waals surface area contributed by atoms with Crippen LogP contribution in [0.3, 0.4) is 0 Å². The van der Waals surface area contributed by atoms with Crippen LogP contribution in [0.4, 0.5) is 0 Å². The molecule has 0 saturated carbocycles. The molecule has 6 heteroatoms. The van der Waals surface area contributed by atoms with Crippen LogP contribution in [-0.4, -0.2) is 15.0 Å². The minimum Gasteiger partial charge on any atom is -0.657 e. The number of hydrogen-bond acceptors (Lipinski definition) is 2. The smallest absolute Gasteiger partial charge is 0.657 e. The largest absolute Gasteiger partial charge is 2.00 e. The third-order valence-corrected chi connectivity index (χ3v) is 9.66. The van der Waals surface area contributed by atoms with E-state index in [-0.39, 0.29) is 17.1 Å². The molecule has 2 aliphatic rings. The number of hydrogen-bond donors (Lipinski definition) is 1. The normalized spacial score (nSPS) is 11.6. The molecule has 4 aromatic heterocycles. The van der Waals surface area contributed by atoms with Crippen molar-refractivity contribution in [1.82, 2.24) is 24.9 Å². The van der Waals surface area contributed by atoms with Gasteiger partial charge in [-0.2, -0.15) is 0 Å². The standard InChI is InChI=1S/C46H29N5.Cu/c1-5-13-29(14-6-1)41-35-21-22-36(48-35)42(30-15-7-2-8-16-30)38-24-26-40(50-38)44(32-19-11-4-12-20-32)46-34-28-47-27-33(34)45(51-46)43(31-17-9-3-10-18-31)39-25-23-37(41)49-39;/h1-28,47H;/q-2;+2. The van der Waals surface area contributed by atoms with Crippen LogP contribution in [0.25, 0.3) is 101 Å². The molecule has 0 spiro atoms. The number of rotatable bonds is 4. The zero-order chi connectivity index (χ0) is 33.7. The van der Waals surface area contributed by atoms with Crippen molar-refractivity contribution in [2.24, 2.45) is 0 Å². The Bertz CT molecular complexity index is 2590. The van der Waals surface area contributed by atoms with E-state index in [9.17, 15) is 0 Å². The van der Waals surface area contributed by atoms with Gasteiger partial charge in [-0.3, -0.25) is 0 Å². The van der Waals surface area contributed by atoms with E-state index in [1.165, 1.54) is 0 Å². The maximum Gasteiger partial charge on any atom is 2.00 e. The molecular formula is C46H29CuN5. The first-order chi connectivity index (χ1) is 25.3. The summed E-state index contributed by atoms with van der Waals surface area (Å²) in [5.41, 5.74) is 17.0. The third-order valence-electron chi connectivity index (χ3n) is 9.66. The quantitative estimate of drug-likeness (QED) is 0.184. The molecule has 10 rings (SSSR count). The number of benzene rings is 4. The molecule has 1 N–H and O–H groups in total. The fourth-order valence-corrected chi connectivity index (χ4v) is 7.38. The van der Waals surface area contributed by atoms with Crippen LogP contribution in [0.5, 0.6) is 0 Å². The minimum atomic E-state index is 0. The first-order valence-electron chi connectivity index (χ1n) is 17.1. The fourth-order valence-electron chi connectivity index (χ4n) is 7.38. The average molecular weight is 715 g/mol. The van der Waals surface area contributed by atoms with Gasteiger partial charge in [0.2, 0.25) is 0 Å². The fraction of sp³-hybridized carbons (Fsp3) is 0. The molecule has 0 atom stereocenters. The predicted molar refractivity (Wildman–Crippen MR) is 208 cm³/mol. The number of aromatic nitrogens is 5. The summed E-state index contributed by atoms with van der Waals surface area (Å²) in [6.45, 7) is 0. The number of nitrogens with zero attached hydrogens (tertiary/aromatic N) is 4. The van der Waals surface area contributed by atoms with E-state index in [1.807, 2.05) is 36.7 Å². The molecule has 5 nitrogen and oxygen atoms in total. The predicted octanol–water partition coefficient (Wildman–Crippen LogP) is 11.1. The van der Waals surface area contributed by atoms with E-state index in [1.54, 1.807) is 0 Å². The second-order valence-electron chi connectivity index (χ2n) is 12.7. The summed E-state index contributed by atoms with van der Waals surface area (Å²) < 4.78 is 0. The van der Waals surface area contributed by atoms with E-state index in [0.29, 0.717) is 0 Å². The van der Waals surface area contributed by atoms with Crippen LogP contribution in [-0.2, 0) is 17.1 Å². The van der Waals surface area contributed by atoms with Gasteiger partial charge in [0.1, 0.15) is 0 Å². The number of aromatic amines is 1. The zero-order valence-corrected chi connectivity index (χ0v) is 28.7. The summed E-state index contributed by atoms with van der Waals surface area (Å²) in [7, 11) is 0. The van der Waals surface area contributed by atoms with Crippen LogP contribution in [0.15, 0.2) is 158 Å². The molecule has 8 bridgehead atoms. The van der Waals surface area contributed by atoms with Gasteiger partial charge in [0.05, 0.1) is 22.8 Å². The van der Waals surface area contributed by atoms with Crippen LogP contribution in [0.1, 0.15) is 11.4 Å². The second kappa shape index (κ2) is 13.0. The molecule has 52 heavy (non-hydrogen) atoms. The van der Waals surface area contributed by atoms with Gasteiger partial charge < -0.3 is 15.0 Å². The average Bonchev–Trinajstić information content (AvgIpc) is 4.03. The van der Waals surface area contributed by atoms with E-state index in [2.05, 4.69) is 138 Å². The van der Waals surface area contributed by atoms with Crippen molar-refractivity contribution in [2.75, 3.05) is 0 Å². The van der Waals surface area contributed by atoms with Crippen LogP contribution >= 0.6 is 0 Å². The first kappa shape index (κ1) is 31.5. The van der Waals surface area contributed by atoms with Crippen LogP contribution < -0.4 is 9.97 Å². The van der Waals surface area contributed by atoms with E-state index in [4.69, 9.17) is 19.9 Å². The summed E-state index contributed by atoms with van der Waals surface area (Å²) in [5.74, 6) is 0. The maximum absolute atomic E-state index is 5.53. The minimum absolute atomic E-state index is 0. The van der Waals surface area contributed by atoms with E-state index < -0.39 is 0 Å². The van der Waals surface area contributed by atoms with E-state index >= 15 is 0 Å². The van der Waals surface area contributed by atoms with Gasteiger partial charge in [0.15, 0.2) is 0 Å². The molecule has 0 amide bonds. The van der Waals surface area contributed by atoms with Crippen molar-refractivity contribution >= 4 is 34.2 Å². The molecule has 0 fully saturated rings. The molecule has 249 valence electrons. The van der Waals surface area contributed by atoms with Gasteiger partial charge in [-0.1, -0.05) is 146 Å². The van der Waals surface area contributed by atoms with Crippen molar-refractivity contribution in [3.8, 4) is 67.0 Å². The zero-order valence-electron chi connectivity index (χ0n) is 27.8. The molecule has 1 radical (unpaired) electrons. The Morgan fingerprint density at radius 2 is 0.692 bits per heavy atom. The SMILES string of the molecule is C1=Cc2nc1c(-c1ccccc1)c1ccc([n-]1)c(-c1ccccc1)c1nc(c(-c3ccccc3)c3ccc([n-]3)c2-c2ccccc2)-c2c[nH]cc2-1.[Cu+2]. The van der Waals surface area contributed by atoms with Gasteiger partial charge in [-0.15, -0.1) is 22.1 Å². The van der Waals surface area contributed by atoms with Crippen LogP contribution in [0.2, 0.25) is 0 Å². The Labute approximate surface area is 311 Å². The Morgan fingerprint density at radius 1 is 0.365 bits per heavy atom. The topological polar surface area (TPSA) is 69.8 Å². The Hall–Kier alpha value is -6.46. The number of fused-ring (bicyclic) bond motifs is 11.